The van der Waals surface area contributed by atoms with Crippen molar-refractivity contribution in [3.8, 4) is 11.8 Å². The largest absolute Gasteiger partial charge is 0.492 e. The van der Waals surface area contributed by atoms with Crippen LogP contribution in [0.25, 0.3) is 0 Å². The molecule has 0 aliphatic heterocycles. The highest BCUT2D eigenvalue weighted by Crippen LogP contribution is 2.34. The quantitative estimate of drug-likeness (QED) is 0.734. The molecule has 0 fully saturated rings. The van der Waals surface area contributed by atoms with Gasteiger partial charge in [0.1, 0.15) is 5.75 Å². The van der Waals surface area contributed by atoms with E-state index in [4.69, 9.17) is 44.8 Å². The van der Waals surface area contributed by atoms with E-state index in [0.717, 1.165) is 0 Å². The third kappa shape index (κ3) is 4.27. The fourth-order valence-corrected chi connectivity index (χ4v) is 1.68. The SMILES string of the molecule is CC(C)(C#N)CCOc1cc(Cl)c(Cl)cc1Cl. The summed E-state index contributed by atoms with van der Waals surface area (Å²) in [6, 6.07) is 5.32. The molecule has 0 saturated heterocycles. The molecular weight excluding hydrogens is 280 g/mol. The first-order valence-electron chi connectivity index (χ1n) is 5.04. The summed E-state index contributed by atoms with van der Waals surface area (Å²) in [6.45, 7) is 4.11. The fourth-order valence-electron chi connectivity index (χ4n) is 1.09. The highest BCUT2D eigenvalue weighted by atomic mass is 35.5. The number of nitriles is 1. The van der Waals surface area contributed by atoms with Gasteiger partial charge in [0.05, 0.1) is 33.2 Å². The van der Waals surface area contributed by atoms with Crippen molar-refractivity contribution in [2.75, 3.05) is 6.61 Å². The summed E-state index contributed by atoms with van der Waals surface area (Å²) >= 11 is 17.6. The van der Waals surface area contributed by atoms with Crippen LogP contribution in [0.15, 0.2) is 12.1 Å². The second-order valence-corrected chi connectivity index (χ2v) is 5.51. The van der Waals surface area contributed by atoms with Gasteiger partial charge < -0.3 is 4.74 Å². The monoisotopic (exact) mass is 291 g/mol. The number of halogens is 3. The van der Waals surface area contributed by atoms with Crippen LogP contribution >= 0.6 is 34.8 Å². The Morgan fingerprint density at radius 2 is 1.76 bits per heavy atom. The van der Waals surface area contributed by atoms with E-state index >= 15 is 0 Å². The van der Waals surface area contributed by atoms with E-state index in [-0.39, 0.29) is 0 Å². The maximum atomic E-state index is 8.86. The average molecular weight is 293 g/mol. The van der Waals surface area contributed by atoms with Crippen LogP contribution < -0.4 is 4.74 Å². The third-order valence-corrected chi connectivity index (χ3v) is 3.28. The minimum atomic E-state index is -0.414. The number of hydrogen-bond donors (Lipinski definition) is 0. The smallest absolute Gasteiger partial charge is 0.139 e. The van der Waals surface area contributed by atoms with Gasteiger partial charge in [-0.1, -0.05) is 34.8 Å². The summed E-state index contributed by atoms with van der Waals surface area (Å²) in [6.07, 6.45) is 0.611. The van der Waals surface area contributed by atoms with Gasteiger partial charge in [-0.15, -0.1) is 0 Å². The molecule has 1 aromatic rings. The highest BCUT2D eigenvalue weighted by molar-refractivity contribution is 6.43. The van der Waals surface area contributed by atoms with E-state index in [1.807, 2.05) is 13.8 Å². The summed E-state index contributed by atoms with van der Waals surface area (Å²) in [5.74, 6) is 0.481. The van der Waals surface area contributed by atoms with Crippen molar-refractivity contribution in [1.82, 2.24) is 0 Å². The molecule has 0 amide bonds. The predicted molar refractivity (Wildman–Crippen MR) is 71.0 cm³/mol. The van der Waals surface area contributed by atoms with Crippen molar-refractivity contribution >= 4 is 34.8 Å². The molecule has 2 nitrogen and oxygen atoms in total. The minimum Gasteiger partial charge on any atom is -0.492 e. The van der Waals surface area contributed by atoms with Crippen LogP contribution in [0.5, 0.6) is 5.75 Å². The zero-order chi connectivity index (χ0) is 13.1. The van der Waals surface area contributed by atoms with Gasteiger partial charge >= 0.3 is 0 Å². The van der Waals surface area contributed by atoms with Crippen molar-refractivity contribution in [1.29, 1.82) is 5.26 Å². The molecule has 0 aliphatic carbocycles. The van der Waals surface area contributed by atoms with Crippen molar-refractivity contribution in [2.45, 2.75) is 20.3 Å². The summed E-state index contributed by atoms with van der Waals surface area (Å²) in [4.78, 5) is 0. The van der Waals surface area contributed by atoms with E-state index in [0.29, 0.717) is 33.8 Å². The van der Waals surface area contributed by atoms with Gasteiger partial charge in [-0.3, -0.25) is 0 Å². The van der Waals surface area contributed by atoms with Crippen molar-refractivity contribution in [3.05, 3.63) is 27.2 Å². The lowest BCUT2D eigenvalue weighted by molar-refractivity contribution is 0.264. The Morgan fingerprint density at radius 1 is 1.18 bits per heavy atom. The van der Waals surface area contributed by atoms with Gasteiger partial charge in [-0.25, -0.2) is 0 Å². The first-order chi connectivity index (χ1) is 7.85. The average Bonchev–Trinajstić information content (AvgIpc) is 2.25. The van der Waals surface area contributed by atoms with Crippen LogP contribution in [0, 0.1) is 16.7 Å². The van der Waals surface area contributed by atoms with Gasteiger partial charge in [0, 0.05) is 6.07 Å². The zero-order valence-corrected chi connectivity index (χ0v) is 11.8. The standard InChI is InChI=1S/C12H12Cl3NO/c1-12(2,7-16)3-4-17-11-6-9(14)8(13)5-10(11)15/h5-6H,3-4H2,1-2H3. The Balaban J connectivity index is 2.65. The van der Waals surface area contributed by atoms with Gasteiger partial charge in [0.25, 0.3) is 0 Å². The van der Waals surface area contributed by atoms with Crippen LogP contribution in [0.1, 0.15) is 20.3 Å². The maximum absolute atomic E-state index is 8.86. The molecule has 1 aromatic carbocycles. The van der Waals surface area contributed by atoms with Crippen molar-refractivity contribution in [3.63, 3.8) is 0 Å². The van der Waals surface area contributed by atoms with Gasteiger partial charge in [-0.2, -0.15) is 5.26 Å². The fraction of sp³-hybridized carbons (Fsp3) is 0.417. The Bertz CT molecular complexity index is 452. The van der Waals surface area contributed by atoms with Gasteiger partial charge in [0.15, 0.2) is 0 Å². The Morgan fingerprint density at radius 3 is 2.35 bits per heavy atom. The second kappa shape index (κ2) is 5.82. The summed E-state index contributed by atoms with van der Waals surface area (Å²) < 4.78 is 5.48. The molecular formula is C12H12Cl3NO. The molecule has 0 N–H and O–H groups in total. The Kier molecular flexibility index (Phi) is 4.94. The first kappa shape index (κ1) is 14.4. The van der Waals surface area contributed by atoms with Crippen LogP contribution in [-0.4, -0.2) is 6.61 Å². The zero-order valence-electron chi connectivity index (χ0n) is 9.56. The molecule has 0 bridgehead atoms. The van der Waals surface area contributed by atoms with Crippen LogP contribution in [0.2, 0.25) is 15.1 Å². The van der Waals surface area contributed by atoms with Gasteiger partial charge in [-0.05, 0) is 26.3 Å². The lowest BCUT2D eigenvalue weighted by Gasteiger charge is -2.16. The third-order valence-electron chi connectivity index (χ3n) is 2.26. The minimum absolute atomic E-state index is 0.390. The number of ether oxygens (including phenoxy) is 1. The molecule has 92 valence electrons. The lowest BCUT2D eigenvalue weighted by atomic mass is 9.92. The maximum Gasteiger partial charge on any atom is 0.139 e. The topological polar surface area (TPSA) is 33.0 Å². The number of benzene rings is 1. The number of hydrogen-bond acceptors (Lipinski definition) is 2. The molecule has 0 atom stereocenters. The van der Waals surface area contributed by atoms with E-state index in [9.17, 15) is 0 Å². The second-order valence-electron chi connectivity index (χ2n) is 4.29. The predicted octanol–water partition coefficient (Wildman–Crippen LogP) is 4.97. The number of rotatable bonds is 4. The summed E-state index contributed by atoms with van der Waals surface area (Å²) in [5, 5.41) is 10.1. The van der Waals surface area contributed by atoms with Crippen LogP contribution in [0.4, 0.5) is 0 Å². The Labute approximate surface area is 116 Å². The summed E-state index contributed by atoms with van der Waals surface area (Å²) in [7, 11) is 0. The van der Waals surface area contributed by atoms with E-state index in [1.54, 1.807) is 6.07 Å². The van der Waals surface area contributed by atoms with E-state index < -0.39 is 5.41 Å². The molecule has 1 rings (SSSR count). The normalized spacial score (nSPS) is 11.1. The molecule has 0 aliphatic rings. The van der Waals surface area contributed by atoms with Crippen LogP contribution in [-0.2, 0) is 0 Å². The molecule has 0 spiro atoms. The molecule has 17 heavy (non-hydrogen) atoms. The summed E-state index contributed by atoms with van der Waals surface area (Å²) in [5.41, 5.74) is -0.414. The van der Waals surface area contributed by atoms with Crippen LogP contribution in [0.3, 0.4) is 0 Å². The highest BCUT2D eigenvalue weighted by Gasteiger charge is 2.17. The first-order valence-corrected chi connectivity index (χ1v) is 6.18. The number of nitrogens with zero attached hydrogens (tertiary/aromatic N) is 1. The van der Waals surface area contributed by atoms with E-state index in [2.05, 4.69) is 6.07 Å². The molecule has 5 heteroatoms. The lowest BCUT2D eigenvalue weighted by Crippen LogP contribution is -2.13. The molecule has 0 aromatic heterocycles. The van der Waals surface area contributed by atoms with E-state index in [1.165, 1.54) is 6.07 Å². The molecule has 0 saturated carbocycles. The Hall–Kier alpha value is -0.620. The van der Waals surface area contributed by atoms with Gasteiger partial charge in [0.2, 0.25) is 0 Å². The van der Waals surface area contributed by atoms with Crippen molar-refractivity contribution < 1.29 is 4.74 Å². The molecule has 0 heterocycles. The van der Waals surface area contributed by atoms with Crippen molar-refractivity contribution in [2.24, 2.45) is 5.41 Å². The molecule has 0 radical (unpaired) electrons. The molecule has 0 unspecified atom stereocenters.